The summed E-state index contributed by atoms with van der Waals surface area (Å²) in [4.78, 5) is 34.5. The zero-order valence-corrected chi connectivity index (χ0v) is 20.0. The highest BCUT2D eigenvalue weighted by Crippen LogP contribution is 2.27. The molecule has 34 heavy (non-hydrogen) atoms. The van der Waals surface area contributed by atoms with E-state index < -0.39 is 6.09 Å². The Hall–Kier alpha value is -3.46. The summed E-state index contributed by atoms with van der Waals surface area (Å²) in [5.41, 5.74) is 5.10. The van der Waals surface area contributed by atoms with Crippen LogP contribution in [0.1, 0.15) is 31.9 Å². The van der Waals surface area contributed by atoms with Crippen LogP contribution in [-0.2, 0) is 16.1 Å². The van der Waals surface area contributed by atoms with E-state index in [9.17, 15) is 9.59 Å². The highest BCUT2D eigenvalue weighted by molar-refractivity contribution is 7.07. The topological polar surface area (TPSA) is 96.5 Å². The molecule has 0 spiro atoms. The van der Waals surface area contributed by atoms with Crippen molar-refractivity contribution in [3.8, 4) is 11.3 Å². The first-order valence-corrected chi connectivity index (χ1v) is 12.4. The molecule has 178 valence electrons. The predicted molar refractivity (Wildman–Crippen MR) is 134 cm³/mol. The van der Waals surface area contributed by atoms with E-state index in [-0.39, 0.29) is 12.5 Å². The van der Waals surface area contributed by atoms with Gasteiger partial charge in [-0.3, -0.25) is 4.79 Å². The average Bonchev–Trinajstić information content (AvgIpc) is 3.37. The molecule has 0 atom stereocenters. The number of carbonyl (C=O) groups is 2. The molecule has 3 aromatic rings. The van der Waals surface area contributed by atoms with Crippen LogP contribution in [0.3, 0.4) is 0 Å². The van der Waals surface area contributed by atoms with Crippen LogP contribution in [0.5, 0.6) is 0 Å². The summed E-state index contributed by atoms with van der Waals surface area (Å²) >= 11 is 1.48. The number of pyridine rings is 1. The summed E-state index contributed by atoms with van der Waals surface area (Å²) < 4.78 is 5.18. The summed E-state index contributed by atoms with van der Waals surface area (Å²) in [5, 5.41) is 7.53. The lowest BCUT2D eigenvalue weighted by molar-refractivity contribution is -0.114. The van der Waals surface area contributed by atoms with Gasteiger partial charge < -0.3 is 20.3 Å². The fourth-order valence-electron chi connectivity index (χ4n) is 4.05. The van der Waals surface area contributed by atoms with Gasteiger partial charge >= 0.3 is 6.09 Å². The molecule has 0 saturated carbocycles. The zero-order chi connectivity index (χ0) is 23.8. The second-order valence-electron chi connectivity index (χ2n) is 8.34. The van der Waals surface area contributed by atoms with Gasteiger partial charge in [0.1, 0.15) is 12.4 Å². The molecule has 0 aliphatic carbocycles. The number of ether oxygens (including phenoxy) is 1. The largest absolute Gasteiger partial charge is 0.443 e. The molecule has 1 saturated heterocycles. The molecule has 1 aromatic carbocycles. The second kappa shape index (κ2) is 11.6. The summed E-state index contributed by atoms with van der Waals surface area (Å²) in [6, 6.07) is 13.8. The van der Waals surface area contributed by atoms with E-state index in [1.165, 1.54) is 18.3 Å². The molecular formula is C25H29N5O3S. The van der Waals surface area contributed by atoms with Crippen molar-refractivity contribution in [2.45, 2.75) is 32.8 Å². The molecule has 2 aromatic heterocycles. The monoisotopic (exact) mass is 479 g/mol. The molecule has 9 heteroatoms. The number of anilines is 2. The summed E-state index contributed by atoms with van der Waals surface area (Å²) in [7, 11) is 0. The van der Waals surface area contributed by atoms with Crippen molar-refractivity contribution in [3.05, 3.63) is 59.0 Å². The van der Waals surface area contributed by atoms with Crippen LogP contribution in [0.15, 0.2) is 53.4 Å². The molecule has 3 heterocycles. The maximum Gasteiger partial charge on any atom is 0.407 e. The molecule has 2 amide bonds. The predicted octanol–water partition coefficient (Wildman–Crippen LogP) is 4.70. The van der Waals surface area contributed by atoms with Gasteiger partial charge in [0.15, 0.2) is 0 Å². The third-order valence-corrected chi connectivity index (χ3v) is 6.44. The molecule has 4 rings (SSSR count). The van der Waals surface area contributed by atoms with Crippen molar-refractivity contribution in [1.29, 1.82) is 0 Å². The SMILES string of the molecule is CC(=O)Nc1cccc(-c2cccc(N3CCC(CCNC(=O)OCc4cscn4)CC3)n2)c1. The Bertz CT molecular complexity index is 1100. The minimum atomic E-state index is -0.394. The van der Waals surface area contributed by atoms with Crippen molar-refractivity contribution >= 4 is 34.8 Å². The summed E-state index contributed by atoms with van der Waals surface area (Å²) in [6.07, 6.45) is 2.65. The lowest BCUT2D eigenvalue weighted by Crippen LogP contribution is -2.35. The van der Waals surface area contributed by atoms with Gasteiger partial charge in [-0.2, -0.15) is 0 Å². The molecule has 1 aliphatic heterocycles. The van der Waals surface area contributed by atoms with Crippen LogP contribution in [-0.4, -0.2) is 41.6 Å². The third-order valence-electron chi connectivity index (χ3n) is 5.81. The Kier molecular flexibility index (Phi) is 8.08. The molecule has 0 bridgehead atoms. The second-order valence-corrected chi connectivity index (χ2v) is 9.06. The molecule has 0 unspecified atom stereocenters. The Morgan fingerprint density at radius 3 is 2.76 bits per heavy atom. The van der Waals surface area contributed by atoms with E-state index in [1.54, 1.807) is 5.51 Å². The van der Waals surface area contributed by atoms with Gasteiger partial charge in [0, 0.05) is 43.2 Å². The molecular weight excluding hydrogens is 450 g/mol. The number of benzene rings is 1. The van der Waals surface area contributed by atoms with Crippen molar-refractivity contribution < 1.29 is 14.3 Å². The van der Waals surface area contributed by atoms with Crippen LogP contribution < -0.4 is 15.5 Å². The number of carbonyl (C=O) groups excluding carboxylic acids is 2. The highest BCUT2D eigenvalue weighted by atomic mass is 32.1. The first-order chi connectivity index (χ1) is 16.6. The van der Waals surface area contributed by atoms with Crippen molar-refractivity contribution in [1.82, 2.24) is 15.3 Å². The fraction of sp³-hybridized carbons (Fsp3) is 0.360. The fourth-order valence-corrected chi connectivity index (χ4v) is 4.59. The van der Waals surface area contributed by atoms with Crippen molar-refractivity contribution in [2.75, 3.05) is 29.9 Å². The van der Waals surface area contributed by atoms with Crippen LogP contribution in [0.2, 0.25) is 0 Å². The maximum atomic E-state index is 11.8. The first-order valence-electron chi connectivity index (χ1n) is 11.4. The van der Waals surface area contributed by atoms with Gasteiger partial charge in [-0.1, -0.05) is 18.2 Å². The van der Waals surface area contributed by atoms with Gasteiger partial charge in [-0.25, -0.2) is 14.8 Å². The Labute approximate surface area is 203 Å². The van der Waals surface area contributed by atoms with E-state index >= 15 is 0 Å². The normalized spacial score (nSPS) is 14.0. The van der Waals surface area contributed by atoms with Crippen LogP contribution in [0.25, 0.3) is 11.3 Å². The van der Waals surface area contributed by atoms with E-state index in [2.05, 4.69) is 20.5 Å². The molecule has 2 N–H and O–H groups in total. The minimum absolute atomic E-state index is 0.0931. The number of hydrogen-bond donors (Lipinski definition) is 2. The van der Waals surface area contributed by atoms with Crippen LogP contribution in [0.4, 0.5) is 16.3 Å². The Morgan fingerprint density at radius 1 is 1.18 bits per heavy atom. The maximum absolute atomic E-state index is 11.8. The van der Waals surface area contributed by atoms with Gasteiger partial charge in [0.05, 0.1) is 16.9 Å². The molecule has 1 aliphatic rings. The highest BCUT2D eigenvalue weighted by Gasteiger charge is 2.20. The lowest BCUT2D eigenvalue weighted by atomic mass is 9.93. The summed E-state index contributed by atoms with van der Waals surface area (Å²) in [6.45, 7) is 4.18. The number of rotatable bonds is 8. The number of amides is 2. The van der Waals surface area contributed by atoms with Crippen LogP contribution in [0, 0.1) is 5.92 Å². The lowest BCUT2D eigenvalue weighted by Gasteiger charge is -2.33. The van der Waals surface area contributed by atoms with Gasteiger partial charge in [0.2, 0.25) is 5.91 Å². The van der Waals surface area contributed by atoms with E-state index in [0.29, 0.717) is 12.5 Å². The van der Waals surface area contributed by atoms with Gasteiger partial charge in [-0.15, -0.1) is 11.3 Å². The zero-order valence-electron chi connectivity index (χ0n) is 19.2. The number of nitrogens with zero attached hydrogens (tertiary/aromatic N) is 3. The summed E-state index contributed by atoms with van der Waals surface area (Å²) in [5.74, 6) is 1.43. The first kappa shape index (κ1) is 23.7. The molecule has 8 nitrogen and oxygen atoms in total. The molecule has 0 radical (unpaired) electrons. The van der Waals surface area contributed by atoms with Gasteiger partial charge in [0.25, 0.3) is 0 Å². The standard InChI is InChI=1S/C25H29N5O3S/c1-18(31)28-21-5-2-4-20(14-21)23-6-3-7-24(29-23)30-12-9-19(10-13-30)8-11-26-25(32)33-15-22-16-34-17-27-22/h2-7,14,16-17,19H,8-13,15H2,1H3,(H,26,32)(H,28,31). The number of thiazole rings is 1. The Morgan fingerprint density at radius 2 is 2.00 bits per heavy atom. The van der Waals surface area contributed by atoms with E-state index in [0.717, 1.165) is 60.8 Å². The van der Waals surface area contributed by atoms with E-state index in [4.69, 9.17) is 9.72 Å². The third kappa shape index (κ3) is 6.77. The van der Waals surface area contributed by atoms with Gasteiger partial charge in [-0.05, 0) is 49.4 Å². The smallest absolute Gasteiger partial charge is 0.407 e. The average molecular weight is 480 g/mol. The Balaban J connectivity index is 1.23. The van der Waals surface area contributed by atoms with Crippen LogP contribution >= 0.6 is 11.3 Å². The van der Waals surface area contributed by atoms with Crippen molar-refractivity contribution in [3.63, 3.8) is 0 Å². The van der Waals surface area contributed by atoms with E-state index in [1.807, 2.05) is 47.8 Å². The number of aromatic nitrogens is 2. The number of nitrogens with one attached hydrogen (secondary N) is 2. The number of piperidine rings is 1. The molecule has 1 fully saturated rings. The minimum Gasteiger partial charge on any atom is -0.443 e. The number of alkyl carbamates (subject to hydrolysis) is 1. The quantitative estimate of drug-likeness (QED) is 0.486. The number of hydrogen-bond acceptors (Lipinski definition) is 7. The van der Waals surface area contributed by atoms with Crippen molar-refractivity contribution in [2.24, 2.45) is 5.92 Å².